The number of aliphatic hydroxyl groups excluding tert-OH is 2. The molecule has 1 unspecified atom stereocenters. The van der Waals surface area contributed by atoms with Gasteiger partial charge in [-0.2, -0.15) is 0 Å². The van der Waals surface area contributed by atoms with Crippen LogP contribution in [0.15, 0.2) is 85.1 Å². The summed E-state index contributed by atoms with van der Waals surface area (Å²) in [5.74, 6) is -1.70. The average Bonchev–Trinajstić information content (AvgIpc) is 3.72. The number of aliphatic hydroxyl groups is 2. The Bertz CT molecular complexity index is 1770. The average molecular weight is 672 g/mol. The van der Waals surface area contributed by atoms with E-state index in [9.17, 15) is 19.8 Å². The molecule has 1 aromatic heterocycles. The Balaban J connectivity index is 1.33. The van der Waals surface area contributed by atoms with Crippen LogP contribution in [0.25, 0.3) is 0 Å². The lowest BCUT2D eigenvalue weighted by atomic mass is 9.82. The molecule has 1 fully saturated rings. The van der Waals surface area contributed by atoms with Gasteiger partial charge in [0.1, 0.15) is 6.10 Å². The van der Waals surface area contributed by atoms with Gasteiger partial charge in [-0.3, -0.25) is 14.3 Å². The highest BCUT2D eigenvalue weighted by Crippen LogP contribution is 2.60. The summed E-state index contributed by atoms with van der Waals surface area (Å²) in [6, 6.07) is 24.4. The fraction of sp³-hybridized carbons (Fsp3) is 0.389. The van der Waals surface area contributed by atoms with E-state index in [4.69, 9.17) is 4.74 Å². The van der Waals surface area contributed by atoms with Gasteiger partial charge in [-0.25, -0.2) is 0 Å². The zero-order chi connectivity index (χ0) is 34.2. The molecule has 252 valence electrons. The molecule has 0 saturated carbocycles. The van der Waals surface area contributed by atoms with E-state index in [1.165, 1.54) is 6.92 Å². The normalized spacial score (nSPS) is 23.4. The third-order valence-corrected chi connectivity index (χ3v) is 12.2. The second-order valence-corrected chi connectivity index (χ2v) is 17.2. The Morgan fingerprint density at radius 1 is 1.10 bits per heavy atom. The van der Waals surface area contributed by atoms with Crippen molar-refractivity contribution < 1.29 is 28.6 Å². The van der Waals surface area contributed by atoms with Crippen LogP contribution in [0.5, 0.6) is 0 Å². The van der Waals surface area contributed by atoms with Gasteiger partial charge in [0.05, 0.1) is 36.6 Å². The molecule has 1 saturated heterocycles. The molecule has 0 bridgehead atoms. The van der Waals surface area contributed by atoms with E-state index in [-0.39, 0.29) is 18.4 Å². The van der Waals surface area contributed by atoms with E-state index in [2.05, 4.69) is 15.6 Å². The number of hydrogen-bond donors (Lipinski definition) is 3. The first-order valence-electron chi connectivity index (χ1n) is 16.4. The number of rotatable bonds is 11. The van der Waals surface area contributed by atoms with Gasteiger partial charge in [0.2, 0.25) is 8.41 Å². The van der Waals surface area contributed by atoms with Crippen molar-refractivity contribution >= 4 is 31.6 Å². The summed E-state index contributed by atoms with van der Waals surface area (Å²) in [7, 11) is -3.42. The number of benzene rings is 3. The van der Waals surface area contributed by atoms with Crippen molar-refractivity contribution in [2.24, 2.45) is 5.92 Å². The molecule has 48 heavy (non-hydrogen) atoms. The molecule has 1 spiro atoms. The van der Waals surface area contributed by atoms with E-state index < -0.39 is 43.6 Å². The van der Waals surface area contributed by atoms with Gasteiger partial charge < -0.3 is 29.3 Å². The fourth-order valence-corrected chi connectivity index (χ4v) is 10.0. The van der Waals surface area contributed by atoms with Crippen LogP contribution in [0.2, 0.25) is 18.6 Å². The minimum Gasteiger partial charge on any atom is -0.395 e. The zero-order valence-electron chi connectivity index (χ0n) is 27.6. The molecule has 2 aliphatic heterocycles. The number of amides is 2. The molecule has 2 amide bonds. The number of carbonyl (C=O) groups is 2. The summed E-state index contributed by atoms with van der Waals surface area (Å²) in [5, 5.41) is 31.3. The van der Waals surface area contributed by atoms with Crippen molar-refractivity contribution in [3.8, 4) is 0 Å². The lowest BCUT2D eigenvalue weighted by molar-refractivity contribution is -0.146. The summed E-state index contributed by atoms with van der Waals surface area (Å²) < 4.78 is 24.9. The third-order valence-electron chi connectivity index (χ3n) is 9.73. The van der Waals surface area contributed by atoms with Crippen molar-refractivity contribution in [3.05, 3.63) is 107 Å². The number of aryl methyl sites for hydroxylation is 1. The van der Waals surface area contributed by atoms with Crippen molar-refractivity contribution in [2.75, 3.05) is 16.8 Å². The maximum Gasteiger partial charge on any atom is 0.264 e. The Morgan fingerprint density at radius 3 is 2.44 bits per heavy atom. The Hall–Kier alpha value is -4.23. The summed E-state index contributed by atoms with van der Waals surface area (Å²) in [6.07, 6.45) is 0.347. The maximum absolute atomic E-state index is 16.4. The summed E-state index contributed by atoms with van der Waals surface area (Å²) in [6.45, 7) is 7.13. The Morgan fingerprint density at radius 2 is 1.79 bits per heavy atom. The second kappa shape index (κ2) is 13.3. The van der Waals surface area contributed by atoms with Crippen LogP contribution in [-0.4, -0.2) is 64.2 Å². The molecule has 6 rings (SSSR count). The fourth-order valence-electron chi connectivity index (χ4n) is 7.46. The highest BCUT2D eigenvalue weighted by atomic mass is 28.4. The molecule has 3 N–H and O–H groups in total. The van der Waals surface area contributed by atoms with Gasteiger partial charge in [-0.15, -0.1) is 5.10 Å². The quantitative estimate of drug-likeness (QED) is 0.149. The van der Waals surface area contributed by atoms with Crippen LogP contribution in [0.3, 0.4) is 0 Å². The van der Waals surface area contributed by atoms with Crippen molar-refractivity contribution in [3.63, 3.8) is 0 Å². The van der Waals surface area contributed by atoms with Crippen molar-refractivity contribution in [1.82, 2.24) is 15.0 Å². The van der Waals surface area contributed by atoms with Gasteiger partial charge >= 0.3 is 0 Å². The van der Waals surface area contributed by atoms with Crippen LogP contribution in [0.1, 0.15) is 48.6 Å². The zero-order valence-corrected chi connectivity index (χ0v) is 28.6. The third kappa shape index (κ3) is 6.21. The minimum absolute atomic E-state index is 0.126. The van der Waals surface area contributed by atoms with Crippen LogP contribution in [0, 0.1) is 5.92 Å². The summed E-state index contributed by atoms with van der Waals surface area (Å²) in [5.41, 5.74) is 2.09. The van der Waals surface area contributed by atoms with E-state index in [1.54, 1.807) is 47.1 Å². The topological polar surface area (TPSA) is 130 Å². The number of nitrogens with one attached hydrogen (secondary N) is 1. The number of carbonyl (C=O) groups excluding carboxylic acids is 2. The standard InChI is InChI=1S/C36H42FN5O5Si/c1-23-33(48(3,4)37)32(17-18-41-21-30(39-40-41)28(22-43)26-13-9-6-10-14-26)47-36(23)29-19-27(38-34(45)24(2)44)15-16-31(29)42(35(36)46)20-25-11-7-5-8-12-25/h5-16,19,21,23-24,28,32-33,43-44H,17-18,20,22H2,1-4H3,(H,38,45)/t23-,24-,28?,32+,33-,36+/m0/s1. The number of nitrogens with zero attached hydrogens (tertiary/aromatic N) is 4. The lowest BCUT2D eigenvalue weighted by Crippen LogP contribution is -2.45. The van der Waals surface area contributed by atoms with Gasteiger partial charge in [0.15, 0.2) is 5.60 Å². The number of ether oxygens (including phenoxy) is 1. The second-order valence-electron chi connectivity index (χ2n) is 13.4. The van der Waals surface area contributed by atoms with E-state index in [1.807, 2.05) is 67.6 Å². The molecule has 3 heterocycles. The lowest BCUT2D eigenvalue weighted by Gasteiger charge is -2.31. The Kier molecular flexibility index (Phi) is 9.36. The molecular formula is C36H42FN5O5Si. The molecule has 3 aromatic carbocycles. The van der Waals surface area contributed by atoms with Gasteiger partial charge in [-0.1, -0.05) is 72.8 Å². The molecule has 10 nitrogen and oxygen atoms in total. The highest BCUT2D eigenvalue weighted by Gasteiger charge is 2.66. The van der Waals surface area contributed by atoms with Crippen LogP contribution in [-0.2, 0) is 33.0 Å². The van der Waals surface area contributed by atoms with Gasteiger partial charge in [-0.05, 0) is 55.8 Å². The van der Waals surface area contributed by atoms with Crippen LogP contribution < -0.4 is 10.2 Å². The summed E-state index contributed by atoms with van der Waals surface area (Å²) >= 11 is 0. The predicted molar refractivity (Wildman–Crippen MR) is 182 cm³/mol. The van der Waals surface area contributed by atoms with Crippen molar-refractivity contribution in [1.29, 1.82) is 0 Å². The van der Waals surface area contributed by atoms with E-state index in [0.717, 1.165) is 11.1 Å². The maximum atomic E-state index is 16.4. The van der Waals surface area contributed by atoms with E-state index in [0.29, 0.717) is 42.1 Å². The first-order valence-corrected chi connectivity index (χ1v) is 19.3. The Labute approximate surface area is 280 Å². The molecule has 6 atom stereocenters. The smallest absolute Gasteiger partial charge is 0.264 e. The number of hydrogen-bond acceptors (Lipinski definition) is 7. The minimum atomic E-state index is -3.42. The number of aromatic nitrogens is 3. The number of fused-ring (bicyclic) bond motifs is 2. The highest BCUT2D eigenvalue weighted by molar-refractivity contribution is 6.72. The largest absolute Gasteiger partial charge is 0.395 e. The first-order chi connectivity index (χ1) is 22.9. The van der Waals surface area contributed by atoms with Crippen molar-refractivity contribution in [2.45, 2.75) is 75.7 Å². The number of halogens is 1. The molecule has 0 radical (unpaired) electrons. The molecular weight excluding hydrogens is 630 g/mol. The first kappa shape index (κ1) is 33.7. The van der Waals surface area contributed by atoms with Crippen LogP contribution in [0.4, 0.5) is 15.5 Å². The van der Waals surface area contributed by atoms with Gasteiger partial charge in [0.25, 0.3) is 11.8 Å². The predicted octanol–water partition coefficient (Wildman–Crippen LogP) is 5.13. The molecule has 2 aliphatic rings. The monoisotopic (exact) mass is 671 g/mol. The van der Waals surface area contributed by atoms with E-state index >= 15 is 4.11 Å². The SMILES string of the molecule is C[C@H](O)C(=O)Nc1ccc2c(c1)[C@@]1(O[C@H](CCn3cc(C(CO)c4ccccc4)nn3)[C@@H]([Si](C)(C)F)[C@@H]1C)C(=O)N2Cc1ccccc1. The molecule has 0 aliphatic carbocycles. The summed E-state index contributed by atoms with van der Waals surface area (Å²) in [4.78, 5) is 28.8. The van der Waals surface area contributed by atoms with Crippen LogP contribution >= 0.6 is 0 Å². The molecule has 12 heteroatoms. The molecule has 4 aromatic rings. The van der Waals surface area contributed by atoms with Gasteiger partial charge in [0, 0.05) is 35.5 Å². The number of anilines is 2.